The van der Waals surface area contributed by atoms with Crippen molar-refractivity contribution >= 4 is 17.8 Å². The third-order valence-corrected chi connectivity index (χ3v) is 3.92. The van der Waals surface area contributed by atoms with Crippen LogP contribution in [0.4, 0.5) is 0 Å². The van der Waals surface area contributed by atoms with Crippen molar-refractivity contribution in [1.29, 1.82) is 0 Å². The molecule has 1 aliphatic carbocycles. The van der Waals surface area contributed by atoms with Crippen molar-refractivity contribution < 1.29 is 19.5 Å². The number of likely N-dealkylation sites (N-methyl/N-ethyl adjacent to an activating group) is 1. The molecule has 2 amide bonds. The fourth-order valence-electron chi connectivity index (χ4n) is 2.73. The van der Waals surface area contributed by atoms with Crippen molar-refractivity contribution in [2.75, 3.05) is 26.7 Å². The van der Waals surface area contributed by atoms with Gasteiger partial charge in [-0.25, -0.2) is 0 Å². The molecule has 0 aromatic heterocycles. The first kappa shape index (κ1) is 12.9. The van der Waals surface area contributed by atoms with Gasteiger partial charge in [-0.3, -0.25) is 14.4 Å². The smallest absolute Gasteiger partial charge is 0.307 e. The Labute approximate surface area is 106 Å². The van der Waals surface area contributed by atoms with Crippen LogP contribution in [0.25, 0.3) is 0 Å². The number of aliphatic carboxylic acids is 1. The second-order valence-electron chi connectivity index (χ2n) is 5.06. The lowest BCUT2D eigenvalue weighted by atomic mass is 9.94. The highest BCUT2D eigenvalue weighted by Gasteiger charge is 2.40. The predicted octanol–water partition coefficient (Wildman–Crippen LogP) is -0.212. The molecule has 6 nitrogen and oxygen atoms in total. The van der Waals surface area contributed by atoms with Gasteiger partial charge in [0.2, 0.25) is 11.8 Å². The van der Waals surface area contributed by atoms with Gasteiger partial charge in [0.15, 0.2) is 0 Å². The summed E-state index contributed by atoms with van der Waals surface area (Å²) < 4.78 is 0. The monoisotopic (exact) mass is 254 g/mol. The molecule has 2 unspecified atom stereocenters. The molecule has 100 valence electrons. The van der Waals surface area contributed by atoms with E-state index in [4.69, 9.17) is 5.11 Å². The second-order valence-corrected chi connectivity index (χ2v) is 5.06. The average molecular weight is 254 g/mol. The van der Waals surface area contributed by atoms with Crippen molar-refractivity contribution in [3.8, 4) is 0 Å². The highest BCUT2D eigenvalue weighted by atomic mass is 16.4. The Hall–Kier alpha value is -1.59. The lowest BCUT2D eigenvalue weighted by Gasteiger charge is -2.34. The van der Waals surface area contributed by atoms with Crippen LogP contribution in [0.3, 0.4) is 0 Å². The summed E-state index contributed by atoms with van der Waals surface area (Å²) in [5.74, 6) is -2.17. The summed E-state index contributed by atoms with van der Waals surface area (Å²) in [5, 5.41) is 9.08. The van der Waals surface area contributed by atoms with Crippen LogP contribution in [0.2, 0.25) is 0 Å². The maximum absolute atomic E-state index is 12.3. The van der Waals surface area contributed by atoms with E-state index in [2.05, 4.69) is 0 Å². The average Bonchev–Trinajstić information content (AvgIpc) is 2.81. The Morgan fingerprint density at radius 1 is 1.22 bits per heavy atom. The highest BCUT2D eigenvalue weighted by Crippen LogP contribution is 2.33. The number of amides is 2. The topological polar surface area (TPSA) is 77.9 Å². The van der Waals surface area contributed by atoms with E-state index in [1.807, 2.05) is 0 Å². The van der Waals surface area contributed by atoms with Crippen LogP contribution in [0, 0.1) is 11.8 Å². The molecule has 0 spiro atoms. The van der Waals surface area contributed by atoms with E-state index in [0.717, 1.165) is 6.42 Å². The van der Waals surface area contributed by atoms with Crippen molar-refractivity contribution in [3.05, 3.63) is 0 Å². The minimum Gasteiger partial charge on any atom is -0.481 e. The first-order valence-electron chi connectivity index (χ1n) is 6.26. The van der Waals surface area contributed by atoms with Crippen molar-refractivity contribution in [2.45, 2.75) is 19.3 Å². The molecule has 6 heteroatoms. The number of rotatable bonds is 2. The third-order valence-electron chi connectivity index (χ3n) is 3.92. The quantitative estimate of drug-likeness (QED) is 0.739. The van der Waals surface area contributed by atoms with Gasteiger partial charge in [0, 0.05) is 20.1 Å². The summed E-state index contributed by atoms with van der Waals surface area (Å²) in [6.07, 6.45) is 1.96. The number of hydrogen-bond acceptors (Lipinski definition) is 3. The van der Waals surface area contributed by atoms with Crippen molar-refractivity contribution in [1.82, 2.24) is 9.80 Å². The number of piperazine rings is 1. The van der Waals surface area contributed by atoms with Crippen LogP contribution in [0.5, 0.6) is 0 Å². The number of carboxylic acids is 1. The Bertz CT molecular complexity index is 382. The van der Waals surface area contributed by atoms with E-state index in [0.29, 0.717) is 25.9 Å². The fraction of sp³-hybridized carbons (Fsp3) is 0.750. The zero-order chi connectivity index (χ0) is 13.3. The number of carbonyl (C=O) groups excluding carboxylic acids is 2. The fourth-order valence-corrected chi connectivity index (χ4v) is 2.73. The van der Waals surface area contributed by atoms with Gasteiger partial charge in [0.1, 0.15) is 0 Å². The van der Waals surface area contributed by atoms with Gasteiger partial charge < -0.3 is 14.9 Å². The normalized spacial score (nSPS) is 28.6. The molecule has 18 heavy (non-hydrogen) atoms. The molecular weight excluding hydrogens is 236 g/mol. The van der Waals surface area contributed by atoms with Crippen LogP contribution < -0.4 is 0 Å². The molecule has 2 atom stereocenters. The van der Waals surface area contributed by atoms with E-state index in [1.54, 1.807) is 11.9 Å². The molecule has 0 bridgehead atoms. The highest BCUT2D eigenvalue weighted by molar-refractivity contribution is 5.89. The molecule has 2 aliphatic rings. The van der Waals surface area contributed by atoms with Crippen LogP contribution in [0.15, 0.2) is 0 Å². The number of carbonyl (C=O) groups is 3. The van der Waals surface area contributed by atoms with Gasteiger partial charge in [0.05, 0.1) is 18.4 Å². The minimum atomic E-state index is -0.897. The standard InChI is InChI=1S/C12H18N2O4/c1-13-5-6-14(7-10(13)15)11(16)8-3-2-4-9(8)12(17)18/h8-9H,2-7H2,1H3,(H,17,18). The summed E-state index contributed by atoms with van der Waals surface area (Å²) in [7, 11) is 1.71. The summed E-state index contributed by atoms with van der Waals surface area (Å²) in [6.45, 7) is 1.11. The van der Waals surface area contributed by atoms with Gasteiger partial charge in [-0.15, -0.1) is 0 Å². The molecule has 0 radical (unpaired) electrons. The van der Waals surface area contributed by atoms with Gasteiger partial charge in [-0.1, -0.05) is 6.42 Å². The summed E-state index contributed by atoms with van der Waals surface area (Å²) in [6, 6.07) is 0. The van der Waals surface area contributed by atoms with Gasteiger partial charge >= 0.3 is 5.97 Å². The van der Waals surface area contributed by atoms with E-state index >= 15 is 0 Å². The van der Waals surface area contributed by atoms with Crippen LogP contribution in [-0.2, 0) is 14.4 Å². The van der Waals surface area contributed by atoms with Gasteiger partial charge in [0.25, 0.3) is 0 Å². The maximum Gasteiger partial charge on any atom is 0.307 e. The van der Waals surface area contributed by atoms with E-state index in [-0.39, 0.29) is 18.4 Å². The van der Waals surface area contributed by atoms with Crippen molar-refractivity contribution in [3.63, 3.8) is 0 Å². The summed E-state index contributed by atoms with van der Waals surface area (Å²) in [5.41, 5.74) is 0. The predicted molar refractivity (Wildman–Crippen MR) is 62.7 cm³/mol. The molecule has 1 saturated carbocycles. The van der Waals surface area contributed by atoms with Crippen LogP contribution in [0.1, 0.15) is 19.3 Å². The Morgan fingerprint density at radius 3 is 2.50 bits per heavy atom. The van der Waals surface area contributed by atoms with Crippen molar-refractivity contribution in [2.24, 2.45) is 11.8 Å². The lowest BCUT2D eigenvalue weighted by molar-refractivity contribution is -0.152. The summed E-state index contributed by atoms with van der Waals surface area (Å²) >= 11 is 0. The van der Waals surface area contributed by atoms with Crippen LogP contribution in [-0.4, -0.2) is 59.4 Å². The minimum absolute atomic E-state index is 0.0815. The third kappa shape index (κ3) is 2.32. The largest absolute Gasteiger partial charge is 0.481 e. The molecule has 1 saturated heterocycles. The Balaban J connectivity index is 2.03. The maximum atomic E-state index is 12.3. The lowest BCUT2D eigenvalue weighted by Crippen LogP contribution is -2.52. The Kier molecular flexibility index (Phi) is 3.54. The number of hydrogen-bond donors (Lipinski definition) is 1. The molecule has 1 heterocycles. The number of nitrogens with zero attached hydrogens (tertiary/aromatic N) is 2. The van der Waals surface area contributed by atoms with Crippen LogP contribution >= 0.6 is 0 Å². The number of carboxylic acid groups (broad SMARTS) is 1. The SMILES string of the molecule is CN1CCN(C(=O)C2CCCC2C(=O)O)CC1=O. The van der Waals surface area contributed by atoms with Gasteiger partial charge in [-0.2, -0.15) is 0 Å². The molecule has 0 aromatic rings. The van der Waals surface area contributed by atoms with Gasteiger partial charge in [-0.05, 0) is 12.8 Å². The zero-order valence-corrected chi connectivity index (χ0v) is 10.5. The zero-order valence-electron chi connectivity index (χ0n) is 10.5. The van der Waals surface area contributed by atoms with E-state index in [9.17, 15) is 14.4 Å². The first-order chi connectivity index (χ1) is 8.50. The second kappa shape index (κ2) is 4.96. The van der Waals surface area contributed by atoms with E-state index in [1.165, 1.54) is 4.90 Å². The summed E-state index contributed by atoms with van der Waals surface area (Å²) in [4.78, 5) is 38.0. The molecule has 1 N–H and O–H groups in total. The first-order valence-corrected chi connectivity index (χ1v) is 6.26. The molecule has 2 rings (SSSR count). The molecular formula is C12H18N2O4. The Morgan fingerprint density at radius 2 is 1.89 bits per heavy atom. The molecule has 2 fully saturated rings. The van der Waals surface area contributed by atoms with E-state index < -0.39 is 17.8 Å². The molecule has 0 aromatic carbocycles. The molecule has 1 aliphatic heterocycles.